The van der Waals surface area contributed by atoms with Gasteiger partial charge in [0.2, 0.25) is 0 Å². The number of aryl methyl sites for hydroxylation is 1. The van der Waals surface area contributed by atoms with Gasteiger partial charge in [-0.05, 0) is 32.2 Å². The van der Waals surface area contributed by atoms with Crippen molar-refractivity contribution in [1.29, 1.82) is 0 Å². The van der Waals surface area contributed by atoms with Gasteiger partial charge in [-0.1, -0.05) is 27.7 Å². The highest BCUT2D eigenvalue weighted by molar-refractivity contribution is 5.26. The van der Waals surface area contributed by atoms with Crippen molar-refractivity contribution in [3.05, 3.63) is 17.0 Å². The van der Waals surface area contributed by atoms with Crippen molar-refractivity contribution in [3.63, 3.8) is 0 Å². The summed E-state index contributed by atoms with van der Waals surface area (Å²) < 4.78 is 7.60. The summed E-state index contributed by atoms with van der Waals surface area (Å²) in [5.41, 5.74) is 3.99. The van der Waals surface area contributed by atoms with E-state index >= 15 is 0 Å². The van der Waals surface area contributed by atoms with Crippen LogP contribution in [0.15, 0.2) is 0 Å². The first-order valence-electron chi connectivity index (χ1n) is 7.99. The number of ether oxygens (including phenoxy) is 1. The lowest BCUT2D eigenvalue weighted by Crippen LogP contribution is -2.20. The Morgan fingerprint density at radius 2 is 1.95 bits per heavy atom. The third-order valence-corrected chi connectivity index (χ3v) is 3.43. The molecule has 0 spiro atoms. The van der Waals surface area contributed by atoms with Crippen LogP contribution >= 0.6 is 0 Å². The average Bonchev–Trinajstić information content (AvgIpc) is 2.76. The minimum atomic E-state index is 0.679. The molecule has 0 unspecified atom stereocenters. The minimum absolute atomic E-state index is 0.679. The number of hydrogen-bond donors (Lipinski definition) is 1. The zero-order valence-corrected chi connectivity index (χ0v) is 13.8. The van der Waals surface area contributed by atoms with Gasteiger partial charge < -0.3 is 10.1 Å². The van der Waals surface area contributed by atoms with Gasteiger partial charge in [-0.15, -0.1) is 0 Å². The highest BCUT2D eigenvalue weighted by Crippen LogP contribution is 2.16. The smallest absolute Gasteiger partial charge is 0.0669 e. The van der Waals surface area contributed by atoms with Crippen molar-refractivity contribution in [3.8, 4) is 0 Å². The van der Waals surface area contributed by atoms with Crippen LogP contribution in [-0.4, -0.2) is 29.5 Å². The molecule has 0 atom stereocenters. The van der Waals surface area contributed by atoms with Gasteiger partial charge in [-0.2, -0.15) is 5.10 Å². The van der Waals surface area contributed by atoms with Gasteiger partial charge in [0.15, 0.2) is 0 Å². The van der Waals surface area contributed by atoms with Crippen LogP contribution in [0, 0.1) is 5.92 Å². The van der Waals surface area contributed by atoms with Crippen LogP contribution < -0.4 is 5.32 Å². The molecular weight excluding hydrogens is 250 g/mol. The quantitative estimate of drug-likeness (QED) is 0.670. The van der Waals surface area contributed by atoms with Crippen LogP contribution in [0.5, 0.6) is 0 Å². The van der Waals surface area contributed by atoms with E-state index in [2.05, 4.69) is 37.7 Å². The molecule has 0 radical (unpaired) electrons. The van der Waals surface area contributed by atoms with Crippen LogP contribution in [0.3, 0.4) is 0 Å². The topological polar surface area (TPSA) is 39.1 Å². The molecule has 1 heterocycles. The van der Waals surface area contributed by atoms with E-state index in [9.17, 15) is 0 Å². The highest BCUT2D eigenvalue weighted by atomic mass is 16.5. The molecule has 0 aliphatic rings. The Labute approximate surface area is 123 Å². The Hall–Kier alpha value is -0.870. The minimum Gasteiger partial charge on any atom is -0.380 e. The van der Waals surface area contributed by atoms with Crippen molar-refractivity contribution in [2.45, 2.75) is 60.5 Å². The summed E-state index contributed by atoms with van der Waals surface area (Å²) in [5, 5.41) is 8.31. The summed E-state index contributed by atoms with van der Waals surface area (Å²) in [6.45, 7) is 15.2. The van der Waals surface area contributed by atoms with Gasteiger partial charge in [0.05, 0.1) is 18.8 Å². The molecule has 0 aliphatic heterocycles. The second-order valence-corrected chi connectivity index (χ2v) is 5.52. The zero-order valence-electron chi connectivity index (χ0n) is 13.8. The van der Waals surface area contributed by atoms with Crippen LogP contribution in [0.2, 0.25) is 0 Å². The van der Waals surface area contributed by atoms with Gasteiger partial charge in [0, 0.05) is 24.4 Å². The monoisotopic (exact) mass is 281 g/mol. The van der Waals surface area contributed by atoms with E-state index in [1.807, 2.05) is 6.92 Å². The first-order valence-corrected chi connectivity index (χ1v) is 7.99. The molecule has 0 saturated heterocycles. The van der Waals surface area contributed by atoms with Crippen molar-refractivity contribution < 1.29 is 4.74 Å². The zero-order chi connectivity index (χ0) is 15.0. The maximum absolute atomic E-state index is 5.46. The lowest BCUT2D eigenvalue weighted by molar-refractivity contribution is 0.135. The molecule has 0 amide bonds. The molecular formula is C16H31N3O. The summed E-state index contributed by atoms with van der Waals surface area (Å²) in [4.78, 5) is 0. The van der Waals surface area contributed by atoms with Gasteiger partial charge in [-0.25, -0.2) is 0 Å². The maximum Gasteiger partial charge on any atom is 0.0669 e. The van der Waals surface area contributed by atoms with Gasteiger partial charge in [0.25, 0.3) is 0 Å². The maximum atomic E-state index is 5.46. The van der Waals surface area contributed by atoms with Crippen molar-refractivity contribution >= 4 is 0 Å². The fourth-order valence-corrected chi connectivity index (χ4v) is 2.44. The largest absolute Gasteiger partial charge is 0.380 e. The summed E-state index contributed by atoms with van der Waals surface area (Å²) in [7, 11) is 0. The molecule has 1 aromatic heterocycles. The van der Waals surface area contributed by atoms with Gasteiger partial charge in [-0.3, -0.25) is 4.68 Å². The molecule has 0 aromatic carbocycles. The molecule has 4 nitrogen and oxygen atoms in total. The Kier molecular flexibility index (Phi) is 7.85. The molecule has 20 heavy (non-hydrogen) atoms. The van der Waals surface area contributed by atoms with Crippen molar-refractivity contribution in [1.82, 2.24) is 15.1 Å². The van der Waals surface area contributed by atoms with Crippen LogP contribution in [-0.2, 0) is 30.7 Å². The molecule has 116 valence electrons. The van der Waals surface area contributed by atoms with Crippen LogP contribution in [0.4, 0.5) is 0 Å². The SMILES string of the molecule is CCOCCn1nc(CC)c(CNCC(C)C)c1CC. The first-order chi connectivity index (χ1) is 9.63. The second-order valence-electron chi connectivity index (χ2n) is 5.52. The average molecular weight is 281 g/mol. The standard InChI is InChI=1S/C16H31N3O/c1-6-15-14(12-17-11-13(4)5)16(7-2)19(18-15)9-10-20-8-3/h13,17H,6-12H2,1-5H3. The molecule has 4 heteroatoms. The van der Waals surface area contributed by atoms with Crippen LogP contribution in [0.1, 0.15) is 51.6 Å². The molecule has 0 fully saturated rings. The van der Waals surface area contributed by atoms with E-state index in [1.165, 1.54) is 17.0 Å². The fourth-order valence-electron chi connectivity index (χ4n) is 2.44. The van der Waals surface area contributed by atoms with Crippen molar-refractivity contribution in [2.24, 2.45) is 5.92 Å². The molecule has 0 aliphatic carbocycles. The van der Waals surface area contributed by atoms with E-state index < -0.39 is 0 Å². The molecule has 0 saturated carbocycles. The fraction of sp³-hybridized carbons (Fsp3) is 0.812. The summed E-state index contributed by atoms with van der Waals surface area (Å²) in [6.07, 6.45) is 2.02. The number of aromatic nitrogens is 2. The molecule has 1 rings (SSSR count). The Morgan fingerprint density at radius 1 is 1.20 bits per heavy atom. The first kappa shape index (κ1) is 17.2. The Bertz CT molecular complexity index is 385. The van der Waals surface area contributed by atoms with E-state index in [4.69, 9.17) is 9.84 Å². The molecule has 0 bridgehead atoms. The van der Waals surface area contributed by atoms with E-state index in [1.54, 1.807) is 0 Å². The summed E-state index contributed by atoms with van der Waals surface area (Å²) in [6, 6.07) is 0. The number of rotatable bonds is 10. The van der Waals surface area contributed by atoms with Gasteiger partial charge in [0.1, 0.15) is 0 Å². The Balaban J connectivity index is 2.78. The Morgan fingerprint density at radius 3 is 2.50 bits per heavy atom. The predicted octanol–water partition coefficient (Wildman–Crippen LogP) is 2.79. The summed E-state index contributed by atoms with van der Waals surface area (Å²) >= 11 is 0. The van der Waals surface area contributed by atoms with Crippen molar-refractivity contribution in [2.75, 3.05) is 19.8 Å². The van der Waals surface area contributed by atoms with Crippen LogP contribution in [0.25, 0.3) is 0 Å². The lowest BCUT2D eigenvalue weighted by atomic mass is 10.1. The van der Waals surface area contributed by atoms with Gasteiger partial charge >= 0.3 is 0 Å². The number of hydrogen-bond acceptors (Lipinski definition) is 3. The summed E-state index contributed by atoms with van der Waals surface area (Å²) in [5.74, 6) is 0.679. The normalized spacial score (nSPS) is 11.5. The third-order valence-electron chi connectivity index (χ3n) is 3.43. The van der Waals surface area contributed by atoms with E-state index in [-0.39, 0.29) is 0 Å². The lowest BCUT2D eigenvalue weighted by Gasteiger charge is -2.10. The second kappa shape index (κ2) is 9.14. The van der Waals surface area contributed by atoms with E-state index in [0.717, 1.165) is 45.7 Å². The number of nitrogens with one attached hydrogen (secondary N) is 1. The number of nitrogens with zero attached hydrogens (tertiary/aromatic N) is 2. The third kappa shape index (κ3) is 4.91. The van der Waals surface area contributed by atoms with E-state index in [0.29, 0.717) is 5.92 Å². The molecule has 1 N–H and O–H groups in total. The molecule has 1 aromatic rings. The predicted molar refractivity (Wildman–Crippen MR) is 84.0 cm³/mol. The highest BCUT2D eigenvalue weighted by Gasteiger charge is 2.15.